The van der Waals surface area contributed by atoms with Gasteiger partial charge in [-0.05, 0) is 43.9 Å². The number of anilines is 1. The van der Waals surface area contributed by atoms with Gasteiger partial charge in [-0.15, -0.1) is 0 Å². The van der Waals surface area contributed by atoms with E-state index in [0.717, 1.165) is 31.4 Å². The molecule has 0 bridgehead atoms. The van der Waals surface area contributed by atoms with Crippen LogP contribution in [0.2, 0.25) is 5.02 Å². The maximum absolute atomic E-state index is 12.8. The van der Waals surface area contributed by atoms with E-state index in [1.54, 1.807) is 6.07 Å². The van der Waals surface area contributed by atoms with E-state index in [1.807, 2.05) is 0 Å². The van der Waals surface area contributed by atoms with Gasteiger partial charge in [0.2, 0.25) is 0 Å². The Morgan fingerprint density at radius 2 is 1.94 bits per heavy atom. The van der Waals surface area contributed by atoms with Gasteiger partial charge in [0.05, 0.1) is 16.8 Å². The summed E-state index contributed by atoms with van der Waals surface area (Å²) >= 11 is 5.93. The van der Waals surface area contributed by atoms with Crippen molar-refractivity contribution in [1.82, 2.24) is 0 Å². The number of benzene rings is 1. The molecule has 0 amide bonds. The summed E-state index contributed by atoms with van der Waals surface area (Å²) in [5.74, 6) is -0.324. The molecule has 1 saturated carbocycles. The lowest BCUT2D eigenvalue weighted by Crippen LogP contribution is -2.28. The lowest BCUT2D eigenvalue weighted by Gasteiger charge is -2.27. The lowest BCUT2D eigenvalue weighted by atomic mass is 9.93. The highest BCUT2D eigenvalue weighted by atomic mass is 35.5. The van der Waals surface area contributed by atoms with Crippen molar-refractivity contribution >= 4 is 17.3 Å². The normalized spacial score (nSPS) is 25.4. The summed E-state index contributed by atoms with van der Waals surface area (Å²) in [6, 6.07) is 4.68. The second kappa shape index (κ2) is 5.02. The molecule has 16 heavy (non-hydrogen) atoms. The van der Waals surface area contributed by atoms with Crippen LogP contribution < -0.4 is 5.32 Å². The van der Waals surface area contributed by atoms with Gasteiger partial charge in [-0.25, -0.2) is 4.39 Å². The van der Waals surface area contributed by atoms with Crippen molar-refractivity contribution in [2.75, 3.05) is 5.32 Å². The number of hydrogen-bond acceptors (Lipinski definition) is 2. The van der Waals surface area contributed by atoms with E-state index in [-0.39, 0.29) is 11.9 Å². The van der Waals surface area contributed by atoms with Crippen molar-refractivity contribution in [1.29, 1.82) is 0 Å². The minimum Gasteiger partial charge on any atom is -0.393 e. The number of aliphatic hydroxyl groups excluding tert-OH is 1. The summed E-state index contributed by atoms with van der Waals surface area (Å²) in [6.07, 6.45) is 3.32. The summed E-state index contributed by atoms with van der Waals surface area (Å²) in [5.41, 5.74) is 0.768. The molecule has 0 aromatic heterocycles. The number of hydrogen-bond donors (Lipinski definition) is 2. The predicted octanol–water partition coefficient (Wildman–Crippen LogP) is 3.19. The monoisotopic (exact) mass is 243 g/mol. The number of halogens is 2. The standard InChI is InChI=1S/C12H15ClFNO/c13-11-7-8(14)1-6-12(11)15-9-2-4-10(16)5-3-9/h1,6-7,9-10,15-16H,2-5H2. The van der Waals surface area contributed by atoms with Gasteiger partial charge < -0.3 is 10.4 Å². The number of aliphatic hydroxyl groups is 1. The van der Waals surface area contributed by atoms with Gasteiger partial charge >= 0.3 is 0 Å². The second-order valence-electron chi connectivity index (χ2n) is 4.27. The molecule has 2 rings (SSSR count). The van der Waals surface area contributed by atoms with Crippen LogP contribution in [0.5, 0.6) is 0 Å². The van der Waals surface area contributed by atoms with Crippen LogP contribution in [0, 0.1) is 5.82 Å². The van der Waals surface area contributed by atoms with Crippen molar-refractivity contribution in [2.45, 2.75) is 37.8 Å². The lowest BCUT2D eigenvalue weighted by molar-refractivity contribution is 0.126. The molecule has 1 aromatic carbocycles. The number of rotatable bonds is 2. The Morgan fingerprint density at radius 1 is 1.25 bits per heavy atom. The molecule has 1 fully saturated rings. The maximum Gasteiger partial charge on any atom is 0.124 e. The van der Waals surface area contributed by atoms with Crippen LogP contribution in [-0.2, 0) is 0 Å². The summed E-state index contributed by atoms with van der Waals surface area (Å²) in [6.45, 7) is 0. The van der Waals surface area contributed by atoms with Gasteiger partial charge in [-0.2, -0.15) is 0 Å². The van der Waals surface area contributed by atoms with Crippen molar-refractivity contribution in [3.05, 3.63) is 29.0 Å². The summed E-state index contributed by atoms with van der Waals surface area (Å²) in [7, 11) is 0. The first kappa shape index (κ1) is 11.7. The zero-order chi connectivity index (χ0) is 11.5. The van der Waals surface area contributed by atoms with E-state index in [0.29, 0.717) is 11.1 Å². The van der Waals surface area contributed by atoms with Gasteiger partial charge in [-0.3, -0.25) is 0 Å². The molecule has 2 N–H and O–H groups in total. The van der Waals surface area contributed by atoms with Crippen molar-refractivity contribution in [2.24, 2.45) is 0 Å². The summed E-state index contributed by atoms with van der Waals surface area (Å²) < 4.78 is 12.8. The van der Waals surface area contributed by atoms with Crippen LogP contribution in [0.25, 0.3) is 0 Å². The highest BCUT2D eigenvalue weighted by Gasteiger charge is 2.19. The molecule has 0 heterocycles. The average Bonchev–Trinajstić information content (AvgIpc) is 2.25. The van der Waals surface area contributed by atoms with Crippen LogP contribution >= 0.6 is 11.6 Å². The zero-order valence-corrected chi connectivity index (χ0v) is 9.67. The molecule has 0 saturated heterocycles. The highest BCUT2D eigenvalue weighted by molar-refractivity contribution is 6.33. The minimum absolute atomic E-state index is 0.165. The van der Waals surface area contributed by atoms with E-state index in [1.165, 1.54) is 12.1 Å². The first-order valence-electron chi connectivity index (χ1n) is 5.55. The molecular weight excluding hydrogens is 229 g/mol. The Hall–Kier alpha value is -0.800. The Morgan fingerprint density at radius 3 is 2.56 bits per heavy atom. The molecule has 1 aliphatic carbocycles. The number of nitrogens with one attached hydrogen (secondary N) is 1. The largest absolute Gasteiger partial charge is 0.393 e. The van der Waals surface area contributed by atoms with Gasteiger partial charge in [0.15, 0.2) is 0 Å². The van der Waals surface area contributed by atoms with Gasteiger partial charge in [0, 0.05) is 6.04 Å². The third-order valence-corrected chi connectivity index (χ3v) is 3.30. The SMILES string of the molecule is OC1CCC(Nc2ccc(F)cc2Cl)CC1. The van der Waals surface area contributed by atoms with Crippen LogP contribution in [-0.4, -0.2) is 17.3 Å². The van der Waals surface area contributed by atoms with E-state index in [4.69, 9.17) is 11.6 Å². The minimum atomic E-state index is -0.324. The molecule has 1 aliphatic rings. The fraction of sp³-hybridized carbons (Fsp3) is 0.500. The van der Waals surface area contributed by atoms with E-state index in [2.05, 4.69) is 5.32 Å². The molecule has 2 nitrogen and oxygen atoms in total. The Labute approximate surface area is 99.4 Å². The third-order valence-electron chi connectivity index (χ3n) is 2.99. The molecule has 4 heteroatoms. The predicted molar refractivity (Wildman–Crippen MR) is 63.3 cm³/mol. The molecule has 0 radical (unpaired) electrons. The molecule has 0 aliphatic heterocycles. The zero-order valence-electron chi connectivity index (χ0n) is 8.92. The molecule has 1 aromatic rings. The first-order chi connectivity index (χ1) is 7.65. The maximum atomic E-state index is 12.8. The third kappa shape index (κ3) is 2.86. The quantitative estimate of drug-likeness (QED) is 0.836. The van der Waals surface area contributed by atoms with Crippen molar-refractivity contribution < 1.29 is 9.50 Å². The van der Waals surface area contributed by atoms with E-state index in [9.17, 15) is 9.50 Å². The van der Waals surface area contributed by atoms with Crippen LogP contribution in [0.1, 0.15) is 25.7 Å². The smallest absolute Gasteiger partial charge is 0.124 e. The summed E-state index contributed by atoms with van der Waals surface area (Å²) in [5, 5.41) is 13.1. The van der Waals surface area contributed by atoms with Gasteiger partial charge in [0.1, 0.15) is 5.82 Å². The van der Waals surface area contributed by atoms with Crippen LogP contribution in [0.15, 0.2) is 18.2 Å². The van der Waals surface area contributed by atoms with Crippen molar-refractivity contribution in [3.63, 3.8) is 0 Å². The topological polar surface area (TPSA) is 32.3 Å². The Bertz CT molecular complexity index is 364. The van der Waals surface area contributed by atoms with Gasteiger partial charge in [0.25, 0.3) is 0 Å². The fourth-order valence-electron chi connectivity index (χ4n) is 2.05. The molecule has 88 valence electrons. The molecular formula is C12H15ClFNO. The van der Waals surface area contributed by atoms with Gasteiger partial charge in [-0.1, -0.05) is 11.6 Å². The Balaban J connectivity index is 1.98. The fourth-order valence-corrected chi connectivity index (χ4v) is 2.27. The molecule has 0 spiro atoms. The second-order valence-corrected chi connectivity index (χ2v) is 4.68. The van der Waals surface area contributed by atoms with Crippen LogP contribution in [0.4, 0.5) is 10.1 Å². The summed E-state index contributed by atoms with van der Waals surface area (Å²) in [4.78, 5) is 0. The highest BCUT2D eigenvalue weighted by Crippen LogP contribution is 2.27. The average molecular weight is 244 g/mol. The van der Waals surface area contributed by atoms with E-state index >= 15 is 0 Å². The Kier molecular flexibility index (Phi) is 3.66. The molecule has 0 unspecified atom stereocenters. The van der Waals surface area contributed by atoms with Crippen LogP contribution in [0.3, 0.4) is 0 Å². The van der Waals surface area contributed by atoms with E-state index < -0.39 is 0 Å². The van der Waals surface area contributed by atoms with Crippen molar-refractivity contribution in [3.8, 4) is 0 Å². The molecule has 0 atom stereocenters. The first-order valence-corrected chi connectivity index (χ1v) is 5.92.